The largest absolute Gasteiger partial charge is 0.371 e. The molecular formula is C25H23N3O5. The highest BCUT2D eigenvalue weighted by molar-refractivity contribution is 6.23. The van der Waals surface area contributed by atoms with Gasteiger partial charge in [0.25, 0.3) is 11.8 Å². The normalized spacial score (nSPS) is 21.3. The third kappa shape index (κ3) is 3.71. The van der Waals surface area contributed by atoms with Crippen LogP contribution >= 0.6 is 0 Å². The van der Waals surface area contributed by atoms with Crippen molar-refractivity contribution in [3.63, 3.8) is 0 Å². The maximum atomic E-state index is 13.1. The molecule has 0 aromatic heterocycles. The molecular weight excluding hydrogens is 422 g/mol. The van der Waals surface area contributed by atoms with Crippen LogP contribution in [0.25, 0.3) is 0 Å². The van der Waals surface area contributed by atoms with Gasteiger partial charge in [0.1, 0.15) is 12.3 Å². The second-order valence-corrected chi connectivity index (χ2v) is 8.72. The number of piperidine rings is 2. The topological polar surface area (TPSA) is 104 Å². The zero-order valence-corrected chi connectivity index (χ0v) is 18.0. The molecule has 3 heterocycles. The van der Waals surface area contributed by atoms with E-state index in [1.807, 2.05) is 30.3 Å². The molecule has 1 unspecified atom stereocenters. The van der Waals surface area contributed by atoms with Crippen molar-refractivity contribution < 1.29 is 24.0 Å². The average Bonchev–Trinajstić information content (AvgIpc) is 3.09. The molecule has 4 amide bonds. The van der Waals surface area contributed by atoms with Crippen LogP contribution in [0.15, 0.2) is 42.5 Å². The minimum absolute atomic E-state index is 0.103. The van der Waals surface area contributed by atoms with Gasteiger partial charge in [-0.25, -0.2) is 0 Å². The SMILES string of the molecule is O=Cc1ccc(N2CCC(c3ccc4c(c3)C(=O)N(C3CCC(=O)NC3=O)C4=O)CC2)cc1. The van der Waals surface area contributed by atoms with Gasteiger partial charge in [-0.15, -0.1) is 0 Å². The van der Waals surface area contributed by atoms with E-state index in [9.17, 15) is 24.0 Å². The molecule has 0 bridgehead atoms. The second-order valence-electron chi connectivity index (χ2n) is 8.72. The van der Waals surface area contributed by atoms with Gasteiger partial charge in [-0.2, -0.15) is 0 Å². The summed E-state index contributed by atoms with van der Waals surface area (Å²) in [6.07, 6.45) is 2.87. The van der Waals surface area contributed by atoms with Crippen LogP contribution < -0.4 is 10.2 Å². The monoisotopic (exact) mass is 445 g/mol. The van der Waals surface area contributed by atoms with Crippen molar-refractivity contribution >= 4 is 35.6 Å². The number of nitrogens with one attached hydrogen (secondary N) is 1. The number of fused-ring (bicyclic) bond motifs is 1. The van der Waals surface area contributed by atoms with E-state index in [1.54, 1.807) is 12.1 Å². The Morgan fingerprint density at radius 3 is 2.21 bits per heavy atom. The van der Waals surface area contributed by atoms with E-state index in [-0.39, 0.29) is 24.7 Å². The van der Waals surface area contributed by atoms with Gasteiger partial charge < -0.3 is 4.90 Å². The van der Waals surface area contributed by atoms with Crippen molar-refractivity contribution in [2.45, 2.75) is 37.6 Å². The first kappa shape index (κ1) is 21.1. The number of nitrogens with zero attached hydrogens (tertiary/aromatic N) is 2. The van der Waals surface area contributed by atoms with Gasteiger partial charge in [0.15, 0.2) is 0 Å². The maximum absolute atomic E-state index is 13.1. The predicted molar refractivity (Wildman–Crippen MR) is 119 cm³/mol. The van der Waals surface area contributed by atoms with Crippen LogP contribution in [-0.4, -0.2) is 53.9 Å². The summed E-state index contributed by atoms with van der Waals surface area (Å²) in [5, 5.41) is 2.22. The third-order valence-corrected chi connectivity index (χ3v) is 6.82. The Morgan fingerprint density at radius 1 is 0.848 bits per heavy atom. The van der Waals surface area contributed by atoms with E-state index >= 15 is 0 Å². The first-order valence-corrected chi connectivity index (χ1v) is 11.1. The molecule has 3 aliphatic heterocycles. The van der Waals surface area contributed by atoms with Crippen LogP contribution in [0.3, 0.4) is 0 Å². The Labute approximate surface area is 190 Å². The molecule has 33 heavy (non-hydrogen) atoms. The number of carbonyl (C=O) groups is 5. The quantitative estimate of drug-likeness (QED) is 0.572. The number of hydrogen-bond acceptors (Lipinski definition) is 6. The molecule has 0 spiro atoms. The highest BCUT2D eigenvalue weighted by atomic mass is 16.2. The van der Waals surface area contributed by atoms with E-state index in [0.717, 1.165) is 48.4 Å². The highest BCUT2D eigenvalue weighted by Gasteiger charge is 2.44. The average molecular weight is 445 g/mol. The van der Waals surface area contributed by atoms with E-state index in [1.165, 1.54) is 0 Å². The minimum Gasteiger partial charge on any atom is -0.371 e. The van der Waals surface area contributed by atoms with Crippen molar-refractivity contribution in [2.75, 3.05) is 18.0 Å². The fraction of sp³-hybridized carbons (Fsp3) is 0.320. The number of carbonyl (C=O) groups excluding carboxylic acids is 5. The Bertz CT molecular complexity index is 1170. The molecule has 5 rings (SSSR count). The number of benzene rings is 2. The van der Waals surface area contributed by atoms with Crippen LogP contribution in [0.1, 0.15) is 68.2 Å². The number of hydrogen-bond donors (Lipinski definition) is 1. The van der Waals surface area contributed by atoms with Crippen molar-refractivity contribution in [3.8, 4) is 0 Å². The van der Waals surface area contributed by atoms with Gasteiger partial charge in [0.05, 0.1) is 11.1 Å². The Balaban J connectivity index is 1.30. The molecule has 8 nitrogen and oxygen atoms in total. The predicted octanol–water partition coefficient (Wildman–Crippen LogP) is 2.28. The molecule has 1 N–H and O–H groups in total. The molecule has 2 aromatic carbocycles. The summed E-state index contributed by atoms with van der Waals surface area (Å²) in [7, 11) is 0. The standard InChI is InChI=1S/C25H23N3O5/c29-14-15-1-4-18(5-2-15)27-11-9-16(10-12-27)17-3-6-19-20(13-17)25(33)28(24(19)32)21-7-8-22(30)26-23(21)31/h1-6,13-14,16,21H,7-12H2,(H,26,30,31). The third-order valence-electron chi connectivity index (χ3n) is 6.82. The lowest BCUT2D eigenvalue weighted by molar-refractivity contribution is -0.136. The summed E-state index contributed by atoms with van der Waals surface area (Å²) in [6.45, 7) is 1.69. The van der Waals surface area contributed by atoms with Crippen molar-refractivity contribution in [1.82, 2.24) is 10.2 Å². The van der Waals surface area contributed by atoms with Crippen LogP contribution in [-0.2, 0) is 9.59 Å². The molecule has 8 heteroatoms. The first-order chi connectivity index (χ1) is 16.0. The van der Waals surface area contributed by atoms with E-state index in [0.29, 0.717) is 16.7 Å². The Kier molecular flexibility index (Phi) is 5.28. The molecule has 2 aromatic rings. The summed E-state index contributed by atoms with van der Waals surface area (Å²) >= 11 is 0. The summed E-state index contributed by atoms with van der Waals surface area (Å²) in [5.41, 5.74) is 3.37. The van der Waals surface area contributed by atoms with Crippen LogP contribution in [0.2, 0.25) is 0 Å². The fourth-order valence-electron chi connectivity index (χ4n) is 4.98. The Morgan fingerprint density at radius 2 is 1.55 bits per heavy atom. The van der Waals surface area contributed by atoms with Crippen molar-refractivity contribution in [1.29, 1.82) is 0 Å². The van der Waals surface area contributed by atoms with E-state index in [2.05, 4.69) is 10.2 Å². The second kappa shape index (κ2) is 8.27. The zero-order chi connectivity index (χ0) is 23.1. The van der Waals surface area contributed by atoms with Gasteiger partial charge in [0.2, 0.25) is 11.8 Å². The van der Waals surface area contributed by atoms with Gasteiger partial charge in [-0.05, 0) is 67.1 Å². The molecule has 0 saturated carbocycles. The minimum atomic E-state index is -0.951. The molecule has 3 aliphatic rings. The van der Waals surface area contributed by atoms with Crippen LogP contribution in [0.4, 0.5) is 5.69 Å². The lowest BCUT2D eigenvalue weighted by Crippen LogP contribution is -2.54. The molecule has 168 valence electrons. The van der Waals surface area contributed by atoms with Gasteiger partial charge in [-0.3, -0.25) is 34.2 Å². The van der Waals surface area contributed by atoms with Crippen LogP contribution in [0.5, 0.6) is 0 Å². The number of amides is 4. The maximum Gasteiger partial charge on any atom is 0.262 e. The summed E-state index contributed by atoms with van der Waals surface area (Å²) in [6, 6.07) is 11.9. The van der Waals surface area contributed by atoms with Gasteiger partial charge in [0, 0.05) is 30.8 Å². The number of rotatable bonds is 4. The lowest BCUT2D eigenvalue weighted by Gasteiger charge is -2.34. The number of anilines is 1. The fourth-order valence-corrected chi connectivity index (χ4v) is 4.98. The molecule has 2 saturated heterocycles. The summed E-state index contributed by atoms with van der Waals surface area (Å²) in [5.74, 6) is -1.69. The molecule has 0 radical (unpaired) electrons. The smallest absolute Gasteiger partial charge is 0.262 e. The highest BCUT2D eigenvalue weighted by Crippen LogP contribution is 2.34. The van der Waals surface area contributed by atoms with Gasteiger partial charge >= 0.3 is 0 Å². The first-order valence-electron chi connectivity index (χ1n) is 11.1. The van der Waals surface area contributed by atoms with Crippen molar-refractivity contribution in [2.24, 2.45) is 0 Å². The van der Waals surface area contributed by atoms with E-state index in [4.69, 9.17) is 0 Å². The molecule has 0 aliphatic carbocycles. The Hall–Kier alpha value is -3.81. The van der Waals surface area contributed by atoms with Gasteiger partial charge in [-0.1, -0.05) is 6.07 Å². The summed E-state index contributed by atoms with van der Waals surface area (Å²) < 4.78 is 0. The zero-order valence-electron chi connectivity index (χ0n) is 18.0. The lowest BCUT2D eigenvalue weighted by atomic mass is 9.87. The molecule has 2 fully saturated rings. The van der Waals surface area contributed by atoms with Crippen molar-refractivity contribution in [3.05, 3.63) is 64.7 Å². The van der Waals surface area contributed by atoms with Crippen LogP contribution in [0, 0.1) is 0 Å². The van der Waals surface area contributed by atoms with E-state index < -0.39 is 23.8 Å². The number of imide groups is 2. The number of aldehydes is 1. The summed E-state index contributed by atoms with van der Waals surface area (Å²) in [4.78, 5) is 63.8. The molecule has 1 atom stereocenters.